The predicted octanol–water partition coefficient (Wildman–Crippen LogP) is 4.50. The Morgan fingerprint density at radius 2 is 1.82 bits per heavy atom. The van der Waals surface area contributed by atoms with E-state index in [1.54, 1.807) is 6.07 Å². The van der Waals surface area contributed by atoms with Crippen molar-refractivity contribution >= 4 is 51.7 Å². The maximum atomic E-state index is 14.9. The molecule has 0 aliphatic carbocycles. The van der Waals surface area contributed by atoms with E-state index in [1.165, 1.54) is 12.1 Å². The lowest BCUT2D eigenvalue weighted by molar-refractivity contribution is -0.132. The Morgan fingerprint density at radius 3 is 2.41 bits per heavy atom. The Balaban J connectivity index is 1.83. The average molecular weight is 593 g/mol. The topological polar surface area (TPSA) is 87.7 Å². The molecule has 0 bridgehead atoms. The largest absolute Gasteiger partial charge is 0.442 e. The molecule has 1 heterocycles. The summed E-state index contributed by atoms with van der Waals surface area (Å²) in [6.07, 6.45) is -5.16. The van der Waals surface area contributed by atoms with Crippen LogP contribution in [0.5, 0.6) is 0 Å². The van der Waals surface area contributed by atoms with E-state index in [1.807, 2.05) is 19.2 Å². The molecule has 1 unspecified atom stereocenters. The fraction of sp³-hybridized carbons (Fsp3) is 0.318. The van der Waals surface area contributed by atoms with Gasteiger partial charge in [-0.3, -0.25) is 14.5 Å². The van der Waals surface area contributed by atoms with Gasteiger partial charge in [-0.1, -0.05) is 13.8 Å². The first-order valence-electron chi connectivity index (χ1n) is 10.1. The van der Waals surface area contributed by atoms with Crippen molar-refractivity contribution in [3.05, 3.63) is 61.3 Å². The smallest absolute Gasteiger partial charge is 0.414 e. The third-order valence-corrected chi connectivity index (χ3v) is 6.00. The minimum Gasteiger partial charge on any atom is -0.442 e. The van der Waals surface area contributed by atoms with Gasteiger partial charge in [0.05, 0.1) is 24.5 Å². The third kappa shape index (κ3) is 5.77. The van der Waals surface area contributed by atoms with Crippen molar-refractivity contribution in [3.63, 3.8) is 0 Å². The highest BCUT2D eigenvalue weighted by Gasteiger charge is 2.34. The van der Waals surface area contributed by atoms with Crippen molar-refractivity contribution in [3.8, 4) is 0 Å². The van der Waals surface area contributed by atoms with Gasteiger partial charge >= 0.3 is 12.5 Å². The van der Waals surface area contributed by atoms with Crippen LogP contribution in [-0.2, 0) is 9.53 Å². The molecule has 182 valence electrons. The molecule has 0 saturated carbocycles. The van der Waals surface area contributed by atoms with Crippen LogP contribution in [0.2, 0.25) is 0 Å². The molecule has 1 fully saturated rings. The van der Waals surface area contributed by atoms with E-state index >= 15 is 0 Å². The summed E-state index contributed by atoms with van der Waals surface area (Å²) in [4.78, 5) is 36.4. The van der Waals surface area contributed by atoms with E-state index < -0.39 is 47.3 Å². The summed E-state index contributed by atoms with van der Waals surface area (Å²) in [6.45, 7) is 3.24. The van der Waals surface area contributed by atoms with Gasteiger partial charge in [-0.05, 0) is 52.3 Å². The van der Waals surface area contributed by atoms with E-state index in [0.29, 0.717) is 0 Å². The van der Waals surface area contributed by atoms with Crippen LogP contribution in [0.25, 0.3) is 0 Å². The lowest BCUT2D eigenvalue weighted by Crippen LogP contribution is -2.37. The SMILES string of the molecule is CC(C)c1cc(Nc2c(F)cc(N3CC(CNC(=O)C(F)F)OC3=O)cc2F)c(=O)ccc1I. The zero-order valence-electron chi connectivity index (χ0n) is 18.0. The molecule has 1 aliphatic rings. The molecule has 3 rings (SSSR count). The highest BCUT2D eigenvalue weighted by molar-refractivity contribution is 14.1. The molecule has 7 nitrogen and oxygen atoms in total. The van der Waals surface area contributed by atoms with Crippen LogP contribution < -0.4 is 21.0 Å². The number of anilines is 3. The van der Waals surface area contributed by atoms with Crippen LogP contribution >= 0.6 is 22.6 Å². The van der Waals surface area contributed by atoms with E-state index in [9.17, 15) is 31.9 Å². The quantitative estimate of drug-likeness (QED) is 0.365. The number of hydrogen-bond donors (Lipinski definition) is 2. The second-order valence-electron chi connectivity index (χ2n) is 7.79. The number of rotatable bonds is 7. The number of benzene rings is 1. The van der Waals surface area contributed by atoms with E-state index in [4.69, 9.17) is 4.74 Å². The first kappa shape index (κ1) is 25.7. The number of ether oxygens (including phenoxy) is 1. The summed E-state index contributed by atoms with van der Waals surface area (Å²) in [6, 6.07) is 6.23. The molecule has 1 aliphatic heterocycles. The van der Waals surface area contributed by atoms with Crippen molar-refractivity contribution < 1.29 is 31.9 Å². The highest BCUT2D eigenvalue weighted by atomic mass is 127. The molecule has 0 aromatic heterocycles. The van der Waals surface area contributed by atoms with E-state index in [0.717, 1.165) is 26.2 Å². The van der Waals surface area contributed by atoms with E-state index in [2.05, 4.69) is 27.9 Å². The van der Waals surface area contributed by atoms with Gasteiger partial charge in [0.1, 0.15) is 11.8 Å². The fourth-order valence-electron chi connectivity index (χ4n) is 3.27. The lowest BCUT2D eigenvalue weighted by atomic mass is 10.1. The second-order valence-corrected chi connectivity index (χ2v) is 8.95. The van der Waals surface area contributed by atoms with Crippen LogP contribution in [-0.4, -0.2) is 37.6 Å². The number of nitrogens with zero attached hydrogens (tertiary/aromatic N) is 1. The Labute approximate surface area is 205 Å². The minimum atomic E-state index is -3.22. The molecule has 1 atom stereocenters. The molecule has 0 radical (unpaired) electrons. The standard InChI is InChI=1S/C22H20F4IN3O4/c1-10(2)13-7-17(18(31)4-3-16(13)27)29-19-14(23)5-11(6-15(19)24)30-9-12(34-22(30)33)8-28-21(32)20(25)26/h3-7,10,12,20H,8-9H2,1-2H3,(H,28,32)(H,29,31). The number of carbonyl (C=O) groups is 2. The number of carbonyl (C=O) groups excluding carboxylic acids is 2. The number of amides is 2. The van der Waals surface area contributed by atoms with Crippen molar-refractivity contribution in [2.45, 2.75) is 32.3 Å². The molecular weight excluding hydrogens is 573 g/mol. The van der Waals surface area contributed by atoms with Gasteiger partial charge in [0.25, 0.3) is 5.91 Å². The lowest BCUT2D eigenvalue weighted by Gasteiger charge is -2.16. The van der Waals surface area contributed by atoms with Gasteiger partial charge in [0.2, 0.25) is 5.43 Å². The Morgan fingerprint density at radius 1 is 1.18 bits per heavy atom. The van der Waals surface area contributed by atoms with Crippen molar-refractivity contribution in [1.29, 1.82) is 0 Å². The maximum absolute atomic E-state index is 14.9. The summed E-state index contributed by atoms with van der Waals surface area (Å²) in [5.74, 6) is -3.60. The number of alkyl halides is 2. The average Bonchev–Trinajstić information content (AvgIpc) is 3.07. The van der Waals surface area contributed by atoms with Gasteiger partial charge in [-0.15, -0.1) is 0 Å². The molecule has 2 aromatic carbocycles. The van der Waals surface area contributed by atoms with Crippen molar-refractivity contribution in [2.24, 2.45) is 0 Å². The molecule has 12 heteroatoms. The van der Waals surface area contributed by atoms with Crippen LogP contribution in [0, 0.1) is 15.2 Å². The molecular formula is C22H20F4IN3O4. The number of halogens is 5. The van der Waals surface area contributed by atoms with Gasteiger partial charge < -0.3 is 15.4 Å². The number of cyclic esters (lactones) is 1. The summed E-state index contributed by atoms with van der Waals surface area (Å²) >= 11 is 2.08. The Hall–Kier alpha value is -2.90. The van der Waals surface area contributed by atoms with Crippen molar-refractivity contribution in [1.82, 2.24) is 5.32 Å². The number of hydrogen-bond acceptors (Lipinski definition) is 5. The third-order valence-electron chi connectivity index (χ3n) is 5.02. The molecule has 34 heavy (non-hydrogen) atoms. The van der Waals surface area contributed by atoms with E-state index in [-0.39, 0.29) is 30.4 Å². The molecule has 2 aromatic rings. The first-order valence-corrected chi connectivity index (χ1v) is 11.2. The summed E-state index contributed by atoms with van der Waals surface area (Å²) < 4.78 is 60.1. The first-order chi connectivity index (χ1) is 16.0. The fourth-order valence-corrected chi connectivity index (χ4v) is 4.23. The Bertz CT molecular complexity index is 1160. The molecule has 0 spiro atoms. The monoisotopic (exact) mass is 593 g/mol. The zero-order chi connectivity index (χ0) is 25.2. The van der Waals surface area contributed by atoms with Gasteiger partial charge in [0, 0.05) is 15.7 Å². The molecule has 1 saturated heterocycles. The predicted molar refractivity (Wildman–Crippen MR) is 126 cm³/mol. The van der Waals surface area contributed by atoms with Crippen LogP contribution in [0.1, 0.15) is 25.3 Å². The van der Waals surface area contributed by atoms with Gasteiger partial charge in [-0.25, -0.2) is 13.6 Å². The Kier molecular flexibility index (Phi) is 8.00. The second kappa shape index (κ2) is 10.6. The van der Waals surface area contributed by atoms with Crippen LogP contribution in [0.3, 0.4) is 0 Å². The summed E-state index contributed by atoms with van der Waals surface area (Å²) in [5, 5.41) is 4.43. The maximum Gasteiger partial charge on any atom is 0.414 e. The zero-order valence-corrected chi connectivity index (χ0v) is 20.2. The summed E-state index contributed by atoms with van der Waals surface area (Å²) in [5.41, 5.74) is -0.429. The normalized spacial score (nSPS) is 15.6. The minimum absolute atomic E-state index is 0.0208. The number of nitrogens with one attached hydrogen (secondary N) is 2. The highest BCUT2D eigenvalue weighted by Crippen LogP contribution is 2.31. The van der Waals surface area contributed by atoms with Crippen LogP contribution in [0.15, 0.2) is 35.1 Å². The van der Waals surface area contributed by atoms with Gasteiger partial charge in [0.15, 0.2) is 11.6 Å². The molecule has 2 amide bonds. The van der Waals surface area contributed by atoms with Crippen LogP contribution in [0.4, 0.5) is 39.4 Å². The van der Waals surface area contributed by atoms with Gasteiger partial charge in [-0.2, -0.15) is 8.78 Å². The molecule has 2 N–H and O–H groups in total. The van der Waals surface area contributed by atoms with Crippen molar-refractivity contribution in [2.75, 3.05) is 23.3 Å². The summed E-state index contributed by atoms with van der Waals surface area (Å²) in [7, 11) is 0.